The number of para-hydroxylation sites is 2. The van der Waals surface area contributed by atoms with Gasteiger partial charge in [0.2, 0.25) is 0 Å². The maximum absolute atomic E-state index is 8.78. The zero-order valence-corrected chi connectivity index (χ0v) is 35.0. The highest BCUT2D eigenvalue weighted by atomic mass is 32.1. The molecule has 63 heavy (non-hydrogen) atoms. The summed E-state index contributed by atoms with van der Waals surface area (Å²) < 4.78 is 49.2. The van der Waals surface area contributed by atoms with Crippen molar-refractivity contribution < 1.29 is 6.85 Å². The maximum Gasteiger partial charge on any atom is 0.165 e. The average molecular weight is 844 g/mol. The number of aromatic nitrogens is 4. The predicted octanol–water partition coefficient (Wildman–Crippen LogP) is 16.0. The van der Waals surface area contributed by atoms with Crippen LogP contribution in [0, 0.1) is 0 Å². The molecule has 0 aliphatic heterocycles. The molecule has 0 aliphatic rings. The SMILES string of the molecule is [2H]c1c([2H])c([2H])c(-c2ccc3c(c2)sc2c(-c4nc(-c5ccccc5)nc(-c5cccc(-c6cccc7c6sc6ccccc67)c5)n4)cc(-n4c5ccccc5c5ccccc54)cc23)c([2H])c1[2H]. The summed E-state index contributed by atoms with van der Waals surface area (Å²) >= 11 is 3.38. The Morgan fingerprint density at radius 3 is 1.78 bits per heavy atom. The lowest BCUT2D eigenvalue weighted by molar-refractivity contribution is 1.07. The van der Waals surface area contributed by atoms with Crippen molar-refractivity contribution in [3.8, 4) is 62.1 Å². The third-order valence-corrected chi connectivity index (χ3v) is 14.4. The minimum atomic E-state index is -0.416. The molecule has 13 aromatic rings. The van der Waals surface area contributed by atoms with Gasteiger partial charge < -0.3 is 4.57 Å². The Balaban J connectivity index is 1.07. The molecule has 0 amide bonds. The fourth-order valence-electron chi connectivity index (χ4n) is 9.05. The number of nitrogens with zero attached hydrogens (tertiary/aromatic N) is 4. The summed E-state index contributed by atoms with van der Waals surface area (Å²) in [6.45, 7) is 0. The van der Waals surface area contributed by atoms with Crippen molar-refractivity contribution in [1.29, 1.82) is 0 Å². The summed E-state index contributed by atoms with van der Waals surface area (Å²) in [6.07, 6.45) is 0. The van der Waals surface area contributed by atoms with E-state index in [2.05, 4.69) is 132 Å². The molecule has 6 heteroatoms. The topological polar surface area (TPSA) is 43.6 Å². The Bertz CT molecular complexity index is 4150. The highest BCUT2D eigenvalue weighted by Gasteiger charge is 2.21. The summed E-state index contributed by atoms with van der Waals surface area (Å²) in [7, 11) is 0. The number of hydrogen-bond acceptors (Lipinski definition) is 5. The van der Waals surface area contributed by atoms with E-state index in [-0.39, 0.29) is 29.7 Å². The van der Waals surface area contributed by atoms with Gasteiger partial charge in [0.25, 0.3) is 0 Å². The van der Waals surface area contributed by atoms with Crippen LogP contribution in [0.3, 0.4) is 0 Å². The van der Waals surface area contributed by atoms with E-state index in [1.165, 1.54) is 20.2 Å². The van der Waals surface area contributed by atoms with Crippen LogP contribution in [0.25, 0.3) is 124 Å². The van der Waals surface area contributed by atoms with Gasteiger partial charge in [0, 0.05) is 73.5 Å². The van der Waals surface area contributed by atoms with Crippen LogP contribution in [0.2, 0.25) is 0 Å². The van der Waals surface area contributed by atoms with Gasteiger partial charge in [0.1, 0.15) is 0 Å². The van der Waals surface area contributed by atoms with Gasteiger partial charge in [-0.3, -0.25) is 0 Å². The van der Waals surface area contributed by atoms with Crippen molar-refractivity contribution in [2.45, 2.75) is 0 Å². The highest BCUT2D eigenvalue weighted by molar-refractivity contribution is 7.26. The normalized spacial score (nSPS) is 12.9. The summed E-state index contributed by atoms with van der Waals surface area (Å²) in [5.41, 5.74) is 8.52. The van der Waals surface area contributed by atoms with Crippen molar-refractivity contribution in [3.63, 3.8) is 0 Å². The fourth-order valence-corrected chi connectivity index (χ4v) is 11.5. The van der Waals surface area contributed by atoms with Crippen molar-refractivity contribution in [1.82, 2.24) is 19.5 Å². The molecule has 0 radical (unpaired) electrons. The van der Waals surface area contributed by atoms with Crippen LogP contribution in [0.1, 0.15) is 6.85 Å². The number of rotatable bonds is 6. The van der Waals surface area contributed by atoms with Gasteiger partial charge in [-0.15, -0.1) is 22.7 Å². The zero-order valence-electron chi connectivity index (χ0n) is 38.3. The van der Waals surface area contributed by atoms with Crippen LogP contribution in [0.15, 0.2) is 206 Å². The van der Waals surface area contributed by atoms with Gasteiger partial charge in [0.15, 0.2) is 17.5 Å². The standard InChI is InChI=1S/C57H34N4S2/c1-3-15-35(16-4-1)37-29-30-45-47-33-40(61-49-26-10-7-21-42(49)43-22-8-11-27-50(43)61)34-48(54(47)63-52(45)32-37)57-59-55(36-17-5-2-6-18-36)58-56(60-57)39-20-13-19-38(31-39)41-24-14-25-46-44-23-9-12-28-51(44)62-53(41)46/h1-34H/i1D,3D,4D,15D,16D. The van der Waals surface area contributed by atoms with Gasteiger partial charge in [-0.2, -0.15) is 0 Å². The van der Waals surface area contributed by atoms with Gasteiger partial charge >= 0.3 is 0 Å². The first-order chi connectivity index (χ1) is 33.3. The molecule has 0 unspecified atom stereocenters. The number of thiophene rings is 2. The van der Waals surface area contributed by atoms with E-state index >= 15 is 0 Å². The smallest absolute Gasteiger partial charge is 0.165 e. The molecule has 4 nitrogen and oxygen atoms in total. The van der Waals surface area contributed by atoms with E-state index in [9.17, 15) is 0 Å². The van der Waals surface area contributed by atoms with Gasteiger partial charge in [-0.25, -0.2) is 15.0 Å². The molecule has 0 saturated heterocycles. The van der Waals surface area contributed by atoms with Gasteiger partial charge in [0.05, 0.1) is 17.9 Å². The molecule has 0 N–H and O–H groups in total. The lowest BCUT2D eigenvalue weighted by Crippen LogP contribution is -2.01. The molecule has 9 aromatic carbocycles. The Kier molecular flexibility index (Phi) is 7.13. The average Bonchev–Trinajstić information content (AvgIpc) is 4.07. The molecule has 4 heterocycles. The van der Waals surface area contributed by atoms with Crippen LogP contribution in [-0.2, 0) is 0 Å². The lowest BCUT2D eigenvalue weighted by Gasteiger charge is -2.13. The van der Waals surface area contributed by atoms with Crippen molar-refractivity contribution in [2.24, 2.45) is 0 Å². The van der Waals surface area contributed by atoms with E-state index in [0.29, 0.717) is 23.0 Å². The largest absolute Gasteiger partial charge is 0.309 e. The molecule has 0 atom stereocenters. The quantitative estimate of drug-likeness (QED) is 0.167. The number of hydrogen-bond donors (Lipinski definition) is 0. The molecule has 13 rings (SSSR count). The minimum Gasteiger partial charge on any atom is -0.309 e. The van der Waals surface area contributed by atoms with Crippen molar-refractivity contribution in [2.75, 3.05) is 0 Å². The third-order valence-electron chi connectivity index (χ3n) is 11.9. The Hall–Kier alpha value is -7.77. The molecule has 0 spiro atoms. The molecule has 4 aromatic heterocycles. The van der Waals surface area contributed by atoms with Crippen LogP contribution in [-0.4, -0.2) is 19.5 Å². The Labute approximate surface area is 377 Å². The first-order valence-electron chi connectivity index (χ1n) is 23.2. The molecule has 0 saturated carbocycles. The van der Waals surface area contributed by atoms with Crippen LogP contribution in [0.4, 0.5) is 0 Å². The summed E-state index contributed by atoms with van der Waals surface area (Å²) in [5.74, 6) is 1.60. The van der Waals surface area contributed by atoms with Crippen LogP contribution >= 0.6 is 22.7 Å². The molecule has 0 fully saturated rings. The fraction of sp³-hybridized carbons (Fsp3) is 0. The molecule has 0 bridgehead atoms. The lowest BCUT2D eigenvalue weighted by atomic mass is 10.0. The predicted molar refractivity (Wildman–Crippen MR) is 267 cm³/mol. The second-order valence-corrected chi connectivity index (χ2v) is 17.7. The molecular formula is C57H34N4S2. The van der Waals surface area contributed by atoms with Crippen LogP contribution < -0.4 is 0 Å². The highest BCUT2D eigenvalue weighted by Crippen LogP contribution is 2.45. The monoisotopic (exact) mass is 843 g/mol. The first kappa shape index (κ1) is 31.1. The first-order valence-corrected chi connectivity index (χ1v) is 22.3. The Morgan fingerprint density at radius 1 is 0.365 bits per heavy atom. The third kappa shape index (κ3) is 5.91. The van der Waals surface area contributed by atoms with E-state index < -0.39 is 6.04 Å². The summed E-state index contributed by atoms with van der Waals surface area (Å²) in [6, 6.07) is 59.0. The van der Waals surface area contributed by atoms with E-state index in [4.69, 9.17) is 21.8 Å². The number of benzene rings is 9. The van der Waals surface area contributed by atoms with Crippen molar-refractivity contribution >= 4 is 84.8 Å². The van der Waals surface area contributed by atoms with Crippen LogP contribution in [0.5, 0.6) is 0 Å². The van der Waals surface area contributed by atoms with E-state index in [0.717, 1.165) is 75.5 Å². The molecule has 0 aliphatic carbocycles. The summed E-state index contributed by atoms with van der Waals surface area (Å²) in [4.78, 5) is 15.9. The molecular weight excluding hydrogens is 805 g/mol. The second-order valence-electron chi connectivity index (χ2n) is 15.6. The second kappa shape index (κ2) is 14.4. The summed E-state index contributed by atoms with van der Waals surface area (Å²) in [5, 5.41) is 6.71. The zero-order chi connectivity index (χ0) is 45.8. The van der Waals surface area contributed by atoms with Gasteiger partial charge in [-0.05, 0) is 64.7 Å². The Morgan fingerprint density at radius 2 is 0.968 bits per heavy atom. The van der Waals surface area contributed by atoms with E-state index in [1.54, 1.807) is 22.7 Å². The number of fused-ring (bicyclic) bond motifs is 9. The molecule has 294 valence electrons. The maximum atomic E-state index is 8.78. The van der Waals surface area contributed by atoms with E-state index in [1.807, 2.05) is 48.5 Å². The van der Waals surface area contributed by atoms with Crippen molar-refractivity contribution in [3.05, 3.63) is 206 Å². The van der Waals surface area contributed by atoms with Gasteiger partial charge in [-0.1, -0.05) is 164 Å². The minimum absolute atomic E-state index is 0.169.